The van der Waals surface area contributed by atoms with E-state index in [1.54, 1.807) is 24.3 Å². The molecule has 0 bridgehead atoms. The number of nitrogens with two attached hydrogens (primary N) is 1. The van der Waals surface area contributed by atoms with Gasteiger partial charge in [-0.25, -0.2) is 0 Å². The number of hydrogen-bond acceptors (Lipinski definition) is 2. The van der Waals surface area contributed by atoms with E-state index in [0.717, 1.165) is 5.56 Å². The van der Waals surface area contributed by atoms with E-state index < -0.39 is 12.2 Å². The van der Waals surface area contributed by atoms with Gasteiger partial charge in [-0.1, -0.05) is 30.3 Å². The molecule has 0 amide bonds. The van der Waals surface area contributed by atoms with Gasteiger partial charge in [-0.2, -0.15) is 18.3 Å². The summed E-state index contributed by atoms with van der Waals surface area (Å²) in [4.78, 5) is 0. The normalized spacial score (nSPS) is 13.6. The smallest absolute Gasteiger partial charge is 0.315 e. The molecular weight excluding hydrogens is 243 g/mol. The summed E-state index contributed by atoms with van der Waals surface area (Å²) >= 11 is 0. The molecule has 0 aliphatic rings. The van der Waals surface area contributed by atoms with Gasteiger partial charge in [0, 0.05) is 12.6 Å². The van der Waals surface area contributed by atoms with E-state index in [9.17, 15) is 13.2 Å². The number of hydrogen-bond donors (Lipinski definition) is 1. The van der Waals surface area contributed by atoms with Gasteiger partial charge in [0.15, 0.2) is 0 Å². The second-order valence-corrected chi connectivity index (χ2v) is 3.96. The van der Waals surface area contributed by atoms with E-state index in [4.69, 9.17) is 5.73 Å². The standard InChI is InChI=1S/C12H12F3N3/c1-18-10(11(16)12(13,14)15)7-9(17-18)8-5-3-2-4-6-8/h2-7,11H,16H2,1H3. The molecule has 1 aromatic heterocycles. The minimum absolute atomic E-state index is 0.0543. The maximum atomic E-state index is 12.6. The van der Waals surface area contributed by atoms with Gasteiger partial charge in [0.2, 0.25) is 0 Å². The van der Waals surface area contributed by atoms with Crippen molar-refractivity contribution in [1.82, 2.24) is 9.78 Å². The number of nitrogens with zero attached hydrogens (tertiary/aromatic N) is 2. The minimum Gasteiger partial charge on any atom is -0.315 e. The molecule has 1 atom stereocenters. The first kappa shape index (κ1) is 12.6. The van der Waals surface area contributed by atoms with Crippen molar-refractivity contribution in [3.05, 3.63) is 42.1 Å². The highest BCUT2D eigenvalue weighted by molar-refractivity contribution is 5.59. The highest BCUT2D eigenvalue weighted by atomic mass is 19.4. The summed E-state index contributed by atoms with van der Waals surface area (Å²) in [5, 5.41) is 4.05. The Morgan fingerprint density at radius 1 is 1.22 bits per heavy atom. The molecule has 2 rings (SSSR count). The lowest BCUT2D eigenvalue weighted by Gasteiger charge is -2.15. The fourth-order valence-corrected chi connectivity index (χ4v) is 1.69. The van der Waals surface area contributed by atoms with Crippen molar-refractivity contribution in [2.75, 3.05) is 0 Å². The lowest BCUT2D eigenvalue weighted by Crippen LogP contribution is -2.30. The van der Waals surface area contributed by atoms with Crippen molar-refractivity contribution in [3.8, 4) is 11.3 Å². The quantitative estimate of drug-likeness (QED) is 0.896. The predicted molar refractivity (Wildman–Crippen MR) is 61.6 cm³/mol. The van der Waals surface area contributed by atoms with Crippen LogP contribution in [0.1, 0.15) is 11.7 Å². The van der Waals surface area contributed by atoms with Gasteiger partial charge >= 0.3 is 6.18 Å². The van der Waals surface area contributed by atoms with E-state index in [1.807, 2.05) is 6.07 Å². The summed E-state index contributed by atoms with van der Waals surface area (Å²) in [6.07, 6.45) is -4.47. The maximum absolute atomic E-state index is 12.6. The Labute approximate surface area is 102 Å². The zero-order valence-corrected chi connectivity index (χ0v) is 9.65. The van der Waals surface area contributed by atoms with Gasteiger partial charge in [0.25, 0.3) is 0 Å². The lowest BCUT2D eigenvalue weighted by molar-refractivity contribution is -0.150. The van der Waals surface area contributed by atoms with Crippen LogP contribution in [-0.4, -0.2) is 16.0 Å². The highest BCUT2D eigenvalue weighted by Crippen LogP contribution is 2.32. The molecule has 2 N–H and O–H groups in total. The largest absolute Gasteiger partial charge is 0.409 e. The first-order valence-electron chi connectivity index (χ1n) is 5.31. The van der Waals surface area contributed by atoms with Crippen LogP contribution in [0.2, 0.25) is 0 Å². The molecule has 0 saturated heterocycles. The topological polar surface area (TPSA) is 43.8 Å². The van der Waals surface area contributed by atoms with Crippen LogP contribution in [0.3, 0.4) is 0 Å². The van der Waals surface area contributed by atoms with Gasteiger partial charge in [-0.05, 0) is 6.07 Å². The van der Waals surface area contributed by atoms with Gasteiger partial charge in [-0.3, -0.25) is 4.68 Å². The number of halogens is 3. The molecule has 1 aromatic carbocycles. The molecule has 96 valence electrons. The molecule has 1 unspecified atom stereocenters. The highest BCUT2D eigenvalue weighted by Gasteiger charge is 2.39. The van der Waals surface area contributed by atoms with E-state index in [1.165, 1.54) is 17.8 Å². The molecule has 0 radical (unpaired) electrons. The number of aromatic nitrogens is 2. The first-order valence-corrected chi connectivity index (χ1v) is 5.31. The number of aryl methyl sites for hydroxylation is 1. The van der Waals surface area contributed by atoms with Crippen LogP contribution in [0.5, 0.6) is 0 Å². The number of alkyl halides is 3. The van der Waals surface area contributed by atoms with Crippen molar-refractivity contribution in [2.45, 2.75) is 12.2 Å². The van der Waals surface area contributed by atoms with Crippen LogP contribution in [0.4, 0.5) is 13.2 Å². The molecule has 0 aliphatic heterocycles. The van der Waals surface area contributed by atoms with Gasteiger partial charge in [-0.15, -0.1) is 0 Å². The second kappa shape index (κ2) is 4.45. The average molecular weight is 255 g/mol. The molecule has 2 aromatic rings. The average Bonchev–Trinajstić information content (AvgIpc) is 2.70. The summed E-state index contributed by atoms with van der Waals surface area (Å²) in [5.41, 5.74) is 6.36. The number of benzene rings is 1. The third-order valence-corrected chi connectivity index (χ3v) is 2.66. The van der Waals surface area contributed by atoms with E-state index in [0.29, 0.717) is 5.69 Å². The Balaban J connectivity index is 2.39. The molecular formula is C12H12F3N3. The molecule has 0 spiro atoms. The van der Waals surface area contributed by atoms with Crippen LogP contribution in [0.25, 0.3) is 11.3 Å². The van der Waals surface area contributed by atoms with E-state index >= 15 is 0 Å². The zero-order chi connectivity index (χ0) is 13.3. The predicted octanol–water partition coefficient (Wildman–Crippen LogP) is 2.65. The second-order valence-electron chi connectivity index (χ2n) is 3.96. The van der Waals surface area contributed by atoms with Crippen molar-refractivity contribution in [1.29, 1.82) is 0 Å². The van der Waals surface area contributed by atoms with Crippen molar-refractivity contribution >= 4 is 0 Å². The van der Waals surface area contributed by atoms with Crippen molar-refractivity contribution < 1.29 is 13.2 Å². The van der Waals surface area contributed by atoms with Crippen LogP contribution >= 0.6 is 0 Å². The van der Waals surface area contributed by atoms with Crippen molar-refractivity contribution in [2.24, 2.45) is 12.8 Å². The molecule has 0 fully saturated rings. The van der Waals surface area contributed by atoms with Crippen molar-refractivity contribution in [3.63, 3.8) is 0 Å². The van der Waals surface area contributed by atoms with E-state index in [2.05, 4.69) is 5.10 Å². The van der Waals surface area contributed by atoms with Gasteiger partial charge < -0.3 is 5.73 Å². The van der Waals surface area contributed by atoms with Crippen LogP contribution in [-0.2, 0) is 7.05 Å². The summed E-state index contributed by atoms with van der Waals surface area (Å²) in [6, 6.07) is 8.34. The monoisotopic (exact) mass is 255 g/mol. The molecule has 3 nitrogen and oxygen atoms in total. The fraction of sp³-hybridized carbons (Fsp3) is 0.250. The first-order chi connectivity index (χ1) is 8.39. The number of rotatable bonds is 2. The molecule has 0 saturated carbocycles. The molecule has 1 heterocycles. The van der Waals surface area contributed by atoms with Gasteiger partial charge in [0.1, 0.15) is 6.04 Å². The Morgan fingerprint density at radius 3 is 2.39 bits per heavy atom. The summed E-state index contributed by atoms with van der Waals surface area (Å²) < 4.78 is 38.8. The molecule has 18 heavy (non-hydrogen) atoms. The Kier molecular flexibility index (Phi) is 3.13. The lowest BCUT2D eigenvalue weighted by atomic mass is 10.1. The molecule has 0 aliphatic carbocycles. The van der Waals surface area contributed by atoms with Crippen LogP contribution in [0, 0.1) is 0 Å². The Bertz CT molecular complexity index is 531. The summed E-state index contributed by atoms with van der Waals surface area (Å²) in [7, 11) is 1.45. The Morgan fingerprint density at radius 2 is 1.83 bits per heavy atom. The van der Waals surface area contributed by atoms with Crippen LogP contribution in [0.15, 0.2) is 36.4 Å². The third-order valence-electron chi connectivity index (χ3n) is 2.66. The van der Waals surface area contributed by atoms with E-state index in [-0.39, 0.29) is 5.69 Å². The zero-order valence-electron chi connectivity index (χ0n) is 9.65. The minimum atomic E-state index is -4.47. The van der Waals surface area contributed by atoms with Crippen LogP contribution < -0.4 is 5.73 Å². The van der Waals surface area contributed by atoms with Gasteiger partial charge in [0.05, 0.1) is 11.4 Å². The molecule has 6 heteroatoms. The fourth-order valence-electron chi connectivity index (χ4n) is 1.69. The third kappa shape index (κ3) is 2.38. The summed E-state index contributed by atoms with van der Waals surface area (Å²) in [6.45, 7) is 0. The maximum Gasteiger partial charge on any atom is 0.409 e. The summed E-state index contributed by atoms with van der Waals surface area (Å²) in [5.74, 6) is 0. The SMILES string of the molecule is Cn1nc(-c2ccccc2)cc1C(N)C(F)(F)F. The Hall–Kier alpha value is -1.82.